The van der Waals surface area contributed by atoms with Gasteiger partial charge in [0.2, 0.25) is 0 Å². The Morgan fingerprint density at radius 2 is 2.12 bits per heavy atom. The van der Waals surface area contributed by atoms with Crippen LogP contribution in [0, 0.1) is 11.8 Å². The molecule has 0 radical (unpaired) electrons. The van der Waals surface area contributed by atoms with Crippen molar-refractivity contribution >= 4 is 5.97 Å². The molecule has 0 saturated heterocycles. The van der Waals surface area contributed by atoms with E-state index in [0.717, 1.165) is 32.4 Å². The molecule has 0 aliphatic heterocycles. The van der Waals surface area contributed by atoms with Crippen molar-refractivity contribution in [1.29, 1.82) is 0 Å². The molecule has 4 heteroatoms. The van der Waals surface area contributed by atoms with Crippen LogP contribution in [-0.2, 0) is 4.79 Å². The lowest BCUT2D eigenvalue weighted by atomic mass is 9.70. The number of carboxylic acid groups (broad SMARTS) is 1. The molecule has 1 rings (SSSR count). The van der Waals surface area contributed by atoms with Crippen LogP contribution in [0.4, 0.5) is 0 Å². The van der Waals surface area contributed by atoms with Gasteiger partial charge >= 0.3 is 5.97 Å². The van der Waals surface area contributed by atoms with E-state index in [4.69, 9.17) is 0 Å². The predicted molar refractivity (Wildman–Crippen MR) is 69.1 cm³/mol. The summed E-state index contributed by atoms with van der Waals surface area (Å²) in [4.78, 5) is 13.7. The van der Waals surface area contributed by atoms with Crippen LogP contribution >= 0.6 is 0 Å². The lowest BCUT2D eigenvalue weighted by Gasteiger charge is -2.42. The number of rotatable bonds is 5. The third-order valence-corrected chi connectivity index (χ3v) is 4.01. The Hall–Kier alpha value is -0.610. The Bertz CT molecular complexity index is 268. The second-order valence-electron chi connectivity index (χ2n) is 5.79. The fourth-order valence-electron chi connectivity index (χ4n) is 2.80. The van der Waals surface area contributed by atoms with E-state index in [1.165, 1.54) is 0 Å². The molecule has 100 valence electrons. The summed E-state index contributed by atoms with van der Waals surface area (Å²) in [5, 5.41) is 12.8. The van der Waals surface area contributed by atoms with Crippen LogP contribution in [0.25, 0.3) is 0 Å². The summed E-state index contributed by atoms with van der Waals surface area (Å²) in [5.74, 6) is 0.162. The topological polar surface area (TPSA) is 52.6 Å². The zero-order chi connectivity index (χ0) is 13.1. The fraction of sp³-hybridized carbons (Fsp3) is 0.923. The Kier molecular flexibility index (Phi) is 4.95. The number of hydrogen-bond donors (Lipinski definition) is 2. The van der Waals surface area contributed by atoms with Crippen molar-refractivity contribution in [2.45, 2.75) is 38.6 Å². The Morgan fingerprint density at radius 3 is 2.59 bits per heavy atom. The molecule has 3 atom stereocenters. The molecule has 0 amide bonds. The lowest BCUT2D eigenvalue weighted by Crippen LogP contribution is -2.59. The monoisotopic (exact) mass is 242 g/mol. The van der Waals surface area contributed by atoms with Gasteiger partial charge < -0.3 is 15.3 Å². The molecule has 0 spiro atoms. The second kappa shape index (κ2) is 5.83. The van der Waals surface area contributed by atoms with Gasteiger partial charge in [0.25, 0.3) is 0 Å². The van der Waals surface area contributed by atoms with E-state index >= 15 is 0 Å². The van der Waals surface area contributed by atoms with E-state index in [1.54, 1.807) is 0 Å². The number of carbonyl (C=O) groups is 1. The smallest absolute Gasteiger partial charge is 0.324 e. The largest absolute Gasteiger partial charge is 0.480 e. The minimum Gasteiger partial charge on any atom is -0.480 e. The highest BCUT2D eigenvalue weighted by Gasteiger charge is 2.46. The number of nitrogens with zero attached hydrogens (tertiary/aromatic N) is 1. The molecule has 0 heterocycles. The van der Waals surface area contributed by atoms with Gasteiger partial charge in [-0.15, -0.1) is 0 Å². The molecule has 0 aromatic heterocycles. The van der Waals surface area contributed by atoms with Crippen molar-refractivity contribution in [3.05, 3.63) is 0 Å². The first-order valence-corrected chi connectivity index (χ1v) is 6.51. The molecule has 0 aromatic rings. The number of likely N-dealkylation sites (N-methyl/N-ethyl adjacent to an activating group) is 1. The molecular weight excluding hydrogens is 216 g/mol. The highest BCUT2D eigenvalue weighted by molar-refractivity contribution is 5.79. The van der Waals surface area contributed by atoms with Gasteiger partial charge in [-0.1, -0.05) is 13.8 Å². The highest BCUT2D eigenvalue weighted by atomic mass is 16.4. The van der Waals surface area contributed by atoms with Crippen LogP contribution in [0.5, 0.6) is 0 Å². The molecule has 17 heavy (non-hydrogen) atoms. The summed E-state index contributed by atoms with van der Waals surface area (Å²) in [7, 11) is 4.00. The quantitative estimate of drug-likeness (QED) is 0.765. The maximum Gasteiger partial charge on any atom is 0.324 e. The lowest BCUT2D eigenvalue weighted by molar-refractivity contribution is -0.149. The summed E-state index contributed by atoms with van der Waals surface area (Å²) in [6.45, 7) is 5.88. The maximum atomic E-state index is 11.6. The summed E-state index contributed by atoms with van der Waals surface area (Å²) in [5.41, 5.74) is -0.706. The Labute approximate surface area is 104 Å². The van der Waals surface area contributed by atoms with Gasteiger partial charge in [0.1, 0.15) is 5.54 Å². The van der Waals surface area contributed by atoms with Crippen LogP contribution in [0.1, 0.15) is 33.1 Å². The van der Waals surface area contributed by atoms with Crippen LogP contribution in [0.2, 0.25) is 0 Å². The minimum atomic E-state index is -0.706. The number of carboxylic acids is 1. The van der Waals surface area contributed by atoms with E-state index in [9.17, 15) is 9.90 Å². The van der Waals surface area contributed by atoms with Gasteiger partial charge in [-0.25, -0.2) is 0 Å². The molecule has 2 N–H and O–H groups in total. The molecule has 0 aromatic carbocycles. The zero-order valence-corrected chi connectivity index (χ0v) is 11.5. The molecular formula is C13H26N2O2. The first-order valence-electron chi connectivity index (χ1n) is 6.51. The molecule has 1 aliphatic carbocycles. The van der Waals surface area contributed by atoms with E-state index in [-0.39, 0.29) is 5.92 Å². The number of nitrogens with one attached hydrogen (secondary N) is 1. The van der Waals surface area contributed by atoms with Crippen molar-refractivity contribution < 1.29 is 9.90 Å². The van der Waals surface area contributed by atoms with E-state index < -0.39 is 11.5 Å². The average Bonchev–Trinajstić information content (AvgIpc) is 2.20. The molecule has 3 unspecified atom stereocenters. The van der Waals surface area contributed by atoms with Gasteiger partial charge in [-0.2, -0.15) is 0 Å². The van der Waals surface area contributed by atoms with Gasteiger partial charge in [-0.3, -0.25) is 4.79 Å². The van der Waals surface area contributed by atoms with Crippen molar-refractivity contribution in [3.63, 3.8) is 0 Å². The third-order valence-electron chi connectivity index (χ3n) is 4.01. The second-order valence-corrected chi connectivity index (χ2v) is 5.79. The average molecular weight is 242 g/mol. The summed E-state index contributed by atoms with van der Waals surface area (Å²) in [6, 6.07) is 0. The first kappa shape index (κ1) is 14.5. The molecule has 0 bridgehead atoms. The zero-order valence-electron chi connectivity index (χ0n) is 11.5. The standard InChI is InChI=1S/C13H26N2O2/c1-10-5-6-13(12(16)17,11(2)9-10)14-7-8-15(3)4/h10-11,14H,5-9H2,1-4H3,(H,16,17). The van der Waals surface area contributed by atoms with Gasteiger partial charge in [0.15, 0.2) is 0 Å². The summed E-state index contributed by atoms with van der Waals surface area (Å²) < 4.78 is 0. The summed E-state index contributed by atoms with van der Waals surface area (Å²) in [6.07, 6.45) is 2.75. The van der Waals surface area contributed by atoms with Crippen LogP contribution in [0.15, 0.2) is 0 Å². The van der Waals surface area contributed by atoms with Gasteiger partial charge in [0.05, 0.1) is 0 Å². The van der Waals surface area contributed by atoms with Crippen LogP contribution < -0.4 is 5.32 Å². The van der Waals surface area contributed by atoms with Crippen LogP contribution in [-0.4, -0.2) is 48.7 Å². The van der Waals surface area contributed by atoms with E-state index in [2.05, 4.69) is 24.1 Å². The first-order chi connectivity index (χ1) is 7.88. The normalized spacial score (nSPS) is 33.9. The highest BCUT2D eigenvalue weighted by Crippen LogP contribution is 2.36. The minimum absolute atomic E-state index is 0.200. The van der Waals surface area contributed by atoms with Crippen molar-refractivity contribution in [3.8, 4) is 0 Å². The number of hydrogen-bond acceptors (Lipinski definition) is 3. The maximum absolute atomic E-state index is 11.6. The van der Waals surface area contributed by atoms with E-state index in [0.29, 0.717) is 5.92 Å². The molecule has 1 fully saturated rings. The Balaban J connectivity index is 2.65. The third kappa shape index (κ3) is 3.42. The fourth-order valence-corrected chi connectivity index (χ4v) is 2.80. The van der Waals surface area contributed by atoms with Crippen LogP contribution in [0.3, 0.4) is 0 Å². The van der Waals surface area contributed by atoms with Crippen molar-refractivity contribution in [1.82, 2.24) is 10.2 Å². The van der Waals surface area contributed by atoms with Gasteiger partial charge in [-0.05, 0) is 45.2 Å². The Morgan fingerprint density at radius 1 is 1.47 bits per heavy atom. The molecule has 4 nitrogen and oxygen atoms in total. The van der Waals surface area contributed by atoms with E-state index in [1.807, 2.05) is 14.1 Å². The molecule has 1 aliphatic rings. The van der Waals surface area contributed by atoms with Gasteiger partial charge in [0, 0.05) is 13.1 Å². The number of aliphatic carboxylic acids is 1. The van der Waals surface area contributed by atoms with Crippen molar-refractivity contribution in [2.75, 3.05) is 27.2 Å². The molecule has 1 saturated carbocycles. The van der Waals surface area contributed by atoms with Crippen molar-refractivity contribution in [2.24, 2.45) is 11.8 Å². The predicted octanol–water partition coefficient (Wildman–Crippen LogP) is 1.42. The summed E-state index contributed by atoms with van der Waals surface area (Å²) >= 11 is 0. The SMILES string of the molecule is CC1CCC(NCCN(C)C)(C(=O)O)C(C)C1.